The fourth-order valence-corrected chi connectivity index (χ4v) is 3.18. The van der Waals surface area contributed by atoms with Gasteiger partial charge in [-0.15, -0.1) is 0 Å². The average molecular weight is 423 g/mol. The zero-order valence-electron chi connectivity index (χ0n) is 17.3. The van der Waals surface area contributed by atoms with E-state index in [0.717, 1.165) is 16.7 Å². The Kier molecular flexibility index (Phi) is 6.54. The summed E-state index contributed by atoms with van der Waals surface area (Å²) in [6, 6.07) is 24.5. The Bertz CT molecular complexity index is 1210. The number of para-hydroxylation sites is 1. The van der Waals surface area contributed by atoms with Gasteiger partial charge in [0.1, 0.15) is 25.0 Å². The van der Waals surface area contributed by atoms with Gasteiger partial charge in [0.05, 0.1) is 19.0 Å². The number of nitriles is 1. The molecule has 3 aromatic carbocycles. The highest BCUT2D eigenvalue weighted by atomic mass is 16.5. The molecule has 0 radical (unpaired) electrons. The van der Waals surface area contributed by atoms with Crippen molar-refractivity contribution in [2.24, 2.45) is 0 Å². The number of aromatic nitrogens is 3. The predicted molar refractivity (Wildman–Crippen MR) is 120 cm³/mol. The molecule has 7 nitrogen and oxygen atoms in total. The Morgan fingerprint density at radius 2 is 1.75 bits per heavy atom. The molecule has 0 saturated carbocycles. The number of nitrogens with one attached hydrogen (secondary N) is 1. The second-order valence-electron chi connectivity index (χ2n) is 7.17. The van der Waals surface area contributed by atoms with Gasteiger partial charge < -0.3 is 10.1 Å². The maximum Gasteiger partial charge on any atom is 0.255 e. The van der Waals surface area contributed by atoms with Crippen molar-refractivity contribution in [1.82, 2.24) is 14.8 Å². The average Bonchev–Trinajstić information content (AvgIpc) is 3.33. The van der Waals surface area contributed by atoms with Crippen LogP contribution >= 0.6 is 0 Å². The van der Waals surface area contributed by atoms with Crippen LogP contribution in [0.4, 0.5) is 5.69 Å². The molecule has 0 spiro atoms. The lowest BCUT2D eigenvalue weighted by Crippen LogP contribution is -2.14. The Hall–Kier alpha value is -4.44. The maximum atomic E-state index is 12.8. The van der Waals surface area contributed by atoms with Crippen LogP contribution < -0.4 is 10.1 Å². The molecule has 0 aliphatic heterocycles. The van der Waals surface area contributed by atoms with Gasteiger partial charge in [0, 0.05) is 16.8 Å². The van der Waals surface area contributed by atoms with Gasteiger partial charge in [-0.1, -0.05) is 42.5 Å². The van der Waals surface area contributed by atoms with Crippen LogP contribution in [0.15, 0.2) is 85.5 Å². The van der Waals surface area contributed by atoms with Crippen molar-refractivity contribution in [3.05, 3.63) is 108 Å². The van der Waals surface area contributed by atoms with Crippen molar-refractivity contribution in [1.29, 1.82) is 5.26 Å². The third-order valence-electron chi connectivity index (χ3n) is 4.89. The number of carbonyl (C=O) groups excluding carboxylic acids is 1. The molecule has 0 aliphatic rings. The molecule has 0 saturated heterocycles. The Labute approximate surface area is 185 Å². The second kappa shape index (κ2) is 10.0. The molecular formula is C25H21N5O2. The standard InChI is InChI=1S/C25H21N5O2/c26-14-13-19-7-11-23(12-8-19)32-16-22-3-1-2-4-24(22)29-25(31)21-9-5-20(6-10-21)15-30-18-27-17-28-30/h1-12,17-18H,13,15-16H2,(H,29,31). The molecule has 4 aromatic rings. The smallest absolute Gasteiger partial charge is 0.255 e. The van der Waals surface area contributed by atoms with E-state index < -0.39 is 0 Å². The fourth-order valence-electron chi connectivity index (χ4n) is 3.18. The molecule has 0 bridgehead atoms. The summed E-state index contributed by atoms with van der Waals surface area (Å²) in [4.78, 5) is 16.7. The zero-order chi connectivity index (χ0) is 22.2. The number of ether oxygens (including phenoxy) is 1. The molecule has 4 rings (SSSR count). The largest absolute Gasteiger partial charge is 0.489 e. The predicted octanol–water partition coefficient (Wildman–Crippen LogP) is 4.22. The van der Waals surface area contributed by atoms with Gasteiger partial charge >= 0.3 is 0 Å². The number of benzene rings is 3. The van der Waals surface area contributed by atoms with E-state index in [4.69, 9.17) is 10.00 Å². The molecule has 0 aliphatic carbocycles. The van der Waals surface area contributed by atoms with Crippen molar-refractivity contribution in [3.63, 3.8) is 0 Å². The molecule has 0 atom stereocenters. The maximum absolute atomic E-state index is 12.8. The first kappa shape index (κ1) is 20.8. The third-order valence-corrected chi connectivity index (χ3v) is 4.89. The normalized spacial score (nSPS) is 10.3. The highest BCUT2D eigenvalue weighted by Gasteiger charge is 2.10. The quantitative estimate of drug-likeness (QED) is 0.458. The molecule has 0 unspecified atom stereocenters. The molecule has 158 valence electrons. The number of hydrogen-bond donors (Lipinski definition) is 1. The topological polar surface area (TPSA) is 92.8 Å². The number of nitrogens with zero attached hydrogens (tertiary/aromatic N) is 4. The first-order valence-corrected chi connectivity index (χ1v) is 10.1. The van der Waals surface area contributed by atoms with Gasteiger partial charge in [0.25, 0.3) is 5.91 Å². The molecular weight excluding hydrogens is 402 g/mol. The number of rotatable bonds is 8. The highest BCUT2D eigenvalue weighted by molar-refractivity contribution is 6.04. The summed E-state index contributed by atoms with van der Waals surface area (Å²) in [6.07, 6.45) is 3.52. The first-order chi connectivity index (χ1) is 15.7. The van der Waals surface area contributed by atoms with E-state index >= 15 is 0 Å². The van der Waals surface area contributed by atoms with Crippen molar-refractivity contribution >= 4 is 11.6 Å². The van der Waals surface area contributed by atoms with Crippen molar-refractivity contribution < 1.29 is 9.53 Å². The summed E-state index contributed by atoms with van der Waals surface area (Å²) in [7, 11) is 0. The van der Waals surface area contributed by atoms with Crippen molar-refractivity contribution in [2.75, 3.05) is 5.32 Å². The minimum Gasteiger partial charge on any atom is -0.489 e. The minimum absolute atomic E-state index is 0.189. The van der Waals surface area contributed by atoms with Crippen LogP contribution in [0.3, 0.4) is 0 Å². The molecule has 7 heteroatoms. The van der Waals surface area contributed by atoms with E-state index in [1.807, 2.05) is 60.7 Å². The molecule has 1 heterocycles. The molecule has 32 heavy (non-hydrogen) atoms. The summed E-state index contributed by atoms with van der Waals surface area (Å²) in [5, 5.41) is 15.8. The summed E-state index contributed by atoms with van der Waals surface area (Å²) < 4.78 is 7.60. The monoisotopic (exact) mass is 423 g/mol. The van der Waals surface area contributed by atoms with Gasteiger partial charge in [-0.25, -0.2) is 9.67 Å². The summed E-state index contributed by atoms with van der Waals surface area (Å²) in [5.74, 6) is 0.515. The van der Waals surface area contributed by atoms with E-state index in [9.17, 15) is 4.79 Å². The van der Waals surface area contributed by atoms with E-state index in [1.165, 1.54) is 6.33 Å². The van der Waals surface area contributed by atoms with E-state index in [1.54, 1.807) is 23.1 Å². The molecule has 1 aromatic heterocycles. The van der Waals surface area contributed by atoms with Gasteiger partial charge in [-0.3, -0.25) is 4.79 Å². The SMILES string of the molecule is N#CCc1ccc(OCc2ccccc2NC(=O)c2ccc(Cn3cncn3)cc2)cc1. The summed E-state index contributed by atoms with van der Waals surface area (Å²) in [6.45, 7) is 0.907. The zero-order valence-corrected chi connectivity index (χ0v) is 17.3. The lowest BCUT2D eigenvalue weighted by atomic mass is 10.1. The number of anilines is 1. The van der Waals surface area contributed by atoms with Crippen molar-refractivity contribution in [3.8, 4) is 11.8 Å². The Morgan fingerprint density at radius 3 is 2.47 bits per heavy atom. The van der Waals surface area contributed by atoms with E-state index in [0.29, 0.717) is 36.6 Å². The van der Waals surface area contributed by atoms with Crippen LogP contribution in [0, 0.1) is 11.3 Å². The number of amides is 1. The number of hydrogen-bond acceptors (Lipinski definition) is 5. The van der Waals surface area contributed by atoms with Gasteiger partial charge in [-0.05, 0) is 41.5 Å². The van der Waals surface area contributed by atoms with Crippen LogP contribution in [0.2, 0.25) is 0 Å². The third kappa shape index (κ3) is 5.37. The van der Waals surface area contributed by atoms with Crippen LogP contribution in [0.25, 0.3) is 0 Å². The van der Waals surface area contributed by atoms with Gasteiger partial charge in [0.2, 0.25) is 0 Å². The molecule has 1 N–H and O–H groups in total. The van der Waals surface area contributed by atoms with E-state index in [2.05, 4.69) is 21.5 Å². The van der Waals surface area contributed by atoms with E-state index in [-0.39, 0.29) is 5.91 Å². The van der Waals surface area contributed by atoms with Gasteiger partial charge in [-0.2, -0.15) is 10.4 Å². The second-order valence-corrected chi connectivity index (χ2v) is 7.17. The molecule has 1 amide bonds. The van der Waals surface area contributed by atoms with Crippen LogP contribution in [0.5, 0.6) is 5.75 Å². The number of carbonyl (C=O) groups is 1. The fraction of sp³-hybridized carbons (Fsp3) is 0.120. The lowest BCUT2D eigenvalue weighted by molar-refractivity contribution is 0.102. The molecule has 0 fully saturated rings. The highest BCUT2D eigenvalue weighted by Crippen LogP contribution is 2.20. The first-order valence-electron chi connectivity index (χ1n) is 10.1. The van der Waals surface area contributed by atoms with Gasteiger partial charge in [0.15, 0.2) is 0 Å². The minimum atomic E-state index is -0.189. The lowest BCUT2D eigenvalue weighted by Gasteiger charge is -2.13. The summed E-state index contributed by atoms with van der Waals surface area (Å²) >= 11 is 0. The Balaban J connectivity index is 1.39. The van der Waals surface area contributed by atoms with Crippen LogP contribution in [0.1, 0.15) is 27.0 Å². The Morgan fingerprint density at radius 1 is 1.00 bits per heavy atom. The van der Waals surface area contributed by atoms with Crippen LogP contribution in [-0.2, 0) is 19.6 Å². The summed E-state index contributed by atoms with van der Waals surface area (Å²) in [5.41, 5.74) is 4.10. The van der Waals surface area contributed by atoms with Crippen molar-refractivity contribution in [2.45, 2.75) is 19.6 Å². The van der Waals surface area contributed by atoms with Crippen LogP contribution in [-0.4, -0.2) is 20.7 Å².